The minimum Gasteiger partial charge on any atom is -0.302 e. The molecular weight excluding hydrogens is 194 g/mol. The first-order valence-corrected chi connectivity index (χ1v) is 6.25. The first-order chi connectivity index (χ1) is 7.50. The SMILES string of the molecule is CN1CCC(c2ccccc2)C1C(C)(C)C. The van der Waals surface area contributed by atoms with E-state index in [9.17, 15) is 0 Å². The summed E-state index contributed by atoms with van der Waals surface area (Å²) in [5.41, 5.74) is 1.86. The van der Waals surface area contributed by atoms with E-state index in [1.807, 2.05) is 0 Å². The van der Waals surface area contributed by atoms with Crippen molar-refractivity contribution in [1.29, 1.82) is 0 Å². The second kappa shape index (κ2) is 4.21. The number of benzene rings is 1. The summed E-state index contributed by atoms with van der Waals surface area (Å²) in [5, 5.41) is 0. The molecule has 1 aromatic rings. The number of rotatable bonds is 1. The van der Waals surface area contributed by atoms with Crippen molar-refractivity contribution in [2.24, 2.45) is 5.41 Å². The largest absolute Gasteiger partial charge is 0.302 e. The molecule has 2 unspecified atom stereocenters. The molecule has 1 nitrogen and oxygen atoms in total. The molecule has 1 fully saturated rings. The van der Waals surface area contributed by atoms with Crippen molar-refractivity contribution in [3.63, 3.8) is 0 Å². The van der Waals surface area contributed by atoms with Gasteiger partial charge >= 0.3 is 0 Å². The van der Waals surface area contributed by atoms with Gasteiger partial charge in [-0.15, -0.1) is 0 Å². The van der Waals surface area contributed by atoms with Gasteiger partial charge in [0.15, 0.2) is 0 Å². The summed E-state index contributed by atoms with van der Waals surface area (Å²) < 4.78 is 0. The van der Waals surface area contributed by atoms with Gasteiger partial charge < -0.3 is 4.90 Å². The fourth-order valence-electron chi connectivity index (χ4n) is 3.26. The van der Waals surface area contributed by atoms with E-state index in [0.717, 1.165) is 0 Å². The molecule has 0 aliphatic carbocycles. The van der Waals surface area contributed by atoms with E-state index < -0.39 is 0 Å². The Kier molecular flexibility index (Phi) is 3.07. The van der Waals surface area contributed by atoms with Crippen LogP contribution in [0, 0.1) is 5.41 Å². The zero-order valence-corrected chi connectivity index (χ0v) is 10.9. The summed E-state index contributed by atoms with van der Waals surface area (Å²) in [6, 6.07) is 11.6. The zero-order valence-electron chi connectivity index (χ0n) is 10.9. The lowest BCUT2D eigenvalue weighted by Crippen LogP contribution is -2.39. The molecule has 1 heterocycles. The van der Waals surface area contributed by atoms with E-state index >= 15 is 0 Å². The molecule has 1 aromatic carbocycles. The molecule has 1 heteroatoms. The average Bonchev–Trinajstić information content (AvgIpc) is 2.61. The van der Waals surface area contributed by atoms with Crippen molar-refractivity contribution >= 4 is 0 Å². The van der Waals surface area contributed by atoms with Crippen LogP contribution in [0.1, 0.15) is 38.7 Å². The molecule has 2 rings (SSSR count). The molecule has 16 heavy (non-hydrogen) atoms. The van der Waals surface area contributed by atoms with Crippen LogP contribution in [0.3, 0.4) is 0 Å². The summed E-state index contributed by atoms with van der Waals surface area (Å²) in [7, 11) is 2.26. The zero-order chi connectivity index (χ0) is 11.8. The molecule has 0 bridgehead atoms. The summed E-state index contributed by atoms with van der Waals surface area (Å²) >= 11 is 0. The van der Waals surface area contributed by atoms with Crippen molar-refractivity contribution < 1.29 is 0 Å². The molecule has 1 saturated heterocycles. The van der Waals surface area contributed by atoms with Crippen LogP contribution in [-0.4, -0.2) is 24.5 Å². The van der Waals surface area contributed by atoms with Gasteiger partial charge in [0.25, 0.3) is 0 Å². The second-order valence-corrected chi connectivity index (χ2v) is 6.10. The van der Waals surface area contributed by atoms with Crippen LogP contribution in [0.5, 0.6) is 0 Å². The molecule has 0 aromatic heterocycles. The lowest BCUT2D eigenvalue weighted by molar-refractivity contribution is 0.156. The predicted molar refractivity (Wildman–Crippen MR) is 69.7 cm³/mol. The van der Waals surface area contributed by atoms with Gasteiger partial charge in [0, 0.05) is 12.0 Å². The first kappa shape index (κ1) is 11.7. The third-order valence-electron chi connectivity index (χ3n) is 3.76. The maximum atomic E-state index is 2.53. The van der Waals surface area contributed by atoms with E-state index in [0.29, 0.717) is 17.4 Å². The van der Waals surface area contributed by atoms with Gasteiger partial charge in [0.2, 0.25) is 0 Å². The van der Waals surface area contributed by atoms with E-state index in [1.165, 1.54) is 18.5 Å². The Morgan fingerprint density at radius 3 is 2.31 bits per heavy atom. The van der Waals surface area contributed by atoms with Crippen molar-refractivity contribution in [2.75, 3.05) is 13.6 Å². The normalized spacial score (nSPS) is 27.2. The number of nitrogens with zero attached hydrogens (tertiary/aromatic N) is 1. The van der Waals surface area contributed by atoms with Crippen molar-refractivity contribution in [3.05, 3.63) is 35.9 Å². The molecular formula is C15H23N. The number of hydrogen-bond donors (Lipinski definition) is 0. The maximum absolute atomic E-state index is 2.53. The molecule has 0 saturated carbocycles. The quantitative estimate of drug-likeness (QED) is 0.695. The van der Waals surface area contributed by atoms with Crippen molar-refractivity contribution in [1.82, 2.24) is 4.90 Å². The average molecular weight is 217 g/mol. The Morgan fingerprint density at radius 2 is 1.75 bits per heavy atom. The molecule has 0 amide bonds. The monoisotopic (exact) mass is 217 g/mol. The van der Waals surface area contributed by atoms with E-state index in [2.05, 4.69) is 63.1 Å². The van der Waals surface area contributed by atoms with Gasteiger partial charge in [-0.3, -0.25) is 0 Å². The molecule has 0 N–H and O–H groups in total. The van der Waals surface area contributed by atoms with Crippen molar-refractivity contribution in [2.45, 2.75) is 39.2 Å². The Balaban J connectivity index is 2.28. The maximum Gasteiger partial charge on any atom is 0.0210 e. The van der Waals surface area contributed by atoms with E-state index in [4.69, 9.17) is 0 Å². The smallest absolute Gasteiger partial charge is 0.0210 e. The van der Waals surface area contributed by atoms with Crippen LogP contribution in [0.15, 0.2) is 30.3 Å². The highest BCUT2D eigenvalue weighted by Gasteiger charge is 2.40. The predicted octanol–water partition coefficient (Wildman–Crippen LogP) is 3.52. The van der Waals surface area contributed by atoms with Crippen LogP contribution in [0.4, 0.5) is 0 Å². The Morgan fingerprint density at radius 1 is 1.12 bits per heavy atom. The van der Waals surface area contributed by atoms with Crippen LogP contribution in [-0.2, 0) is 0 Å². The number of likely N-dealkylation sites (tertiary alicyclic amines) is 1. The summed E-state index contributed by atoms with van der Waals surface area (Å²) in [6.07, 6.45) is 1.29. The lowest BCUT2D eigenvalue weighted by atomic mass is 9.77. The van der Waals surface area contributed by atoms with Gasteiger partial charge in [0.05, 0.1) is 0 Å². The highest BCUT2D eigenvalue weighted by Crippen LogP contribution is 2.41. The van der Waals surface area contributed by atoms with Crippen LogP contribution >= 0.6 is 0 Å². The van der Waals surface area contributed by atoms with Crippen LogP contribution in [0.25, 0.3) is 0 Å². The van der Waals surface area contributed by atoms with Crippen molar-refractivity contribution in [3.8, 4) is 0 Å². The minimum absolute atomic E-state index is 0.353. The number of likely N-dealkylation sites (N-methyl/N-ethyl adjacent to an activating group) is 1. The fraction of sp³-hybridized carbons (Fsp3) is 0.600. The minimum atomic E-state index is 0.353. The summed E-state index contributed by atoms with van der Waals surface area (Å²) in [5.74, 6) is 0.700. The molecule has 2 atom stereocenters. The molecule has 0 radical (unpaired) electrons. The van der Waals surface area contributed by atoms with Gasteiger partial charge in [-0.1, -0.05) is 51.1 Å². The standard InChI is InChI=1S/C15H23N/c1-15(2,3)14-13(10-11-16(14)4)12-8-6-5-7-9-12/h5-9,13-14H,10-11H2,1-4H3. The second-order valence-electron chi connectivity index (χ2n) is 6.10. The highest BCUT2D eigenvalue weighted by atomic mass is 15.2. The molecule has 0 spiro atoms. The van der Waals surface area contributed by atoms with Gasteiger partial charge in [-0.05, 0) is 31.0 Å². The highest BCUT2D eigenvalue weighted by molar-refractivity contribution is 5.23. The molecule has 1 aliphatic rings. The molecule has 1 aliphatic heterocycles. The van der Waals surface area contributed by atoms with Gasteiger partial charge in [-0.25, -0.2) is 0 Å². The molecule has 88 valence electrons. The Bertz CT molecular complexity index is 336. The van der Waals surface area contributed by atoms with Gasteiger partial charge in [-0.2, -0.15) is 0 Å². The first-order valence-electron chi connectivity index (χ1n) is 6.25. The van der Waals surface area contributed by atoms with E-state index in [1.54, 1.807) is 0 Å². The fourth-order valence-corrected chi connectivity index (χ4v) is 3.26. The Labute approximate surface area is 99.5 Å². The Hall–Kier alpha value is -0.820. The van der Waals surface area contributed by atoms with Gasteiger partial charge in [0.1, 0.15) is 0 Å². The topological polar surface area (TPSA) is 3.24 Å². The summed E-state index contributed by atoms with van der Waals surface area (Å²) in [6.45, 7) is 8.29. The number of hydrogen-bond acceptors (Lipinski definition) is 1. The van der Waals surface area contributed by atoms with Crippen LogP contribution < -0.4 is 0 Å². The van der Waals surface area contributed by atoms with E-state index in [-0.39, 0.29) is 0 Å². The summed E-state index contributed by atoms with van der Waals surface area (Å²) in [4.78, 5) is 2.53. The third-order valence-corrected chi connectivity index (χ3v) is 3.76. The van der Waals surface area contributed by atoms with Crippen LogP contribution in [0.2, 0.25) is 0 Å². The third kappa shape index (κ3) is 2.15. The lowest BCUT2D eigenvalue weighted by Gasteiger charge is -2.37.